The number of anilines is 1. The molecule has 29 heavy (non-hydrogen) atoms. The molecular weight excluding hydrogens is 370 g/mol. The van der Waals surface area contributed by atoms with Crippen molar-refractivity contribution in [1.82, 2.24) is 9.88 Å². The Labute approximate surface area is 169 Å². The largest absolute Gasteiger partial charge is 0.507 e. The van der Waals surface area contributed by atoms with Crippen molar-refractivity contribution in [2.45, 2.75) is 12.5 Å². The molecule has 4 rings (SSSR count). The molecule has 0 spiro atoms. The van der Waals surface area contributed by atoms with Gasteiger partial charge < -0.3 is 14.7 Å². The van der Waals surface area contributed by atoms with E-state index in [1.807, 2.05) is 18.3 Å². The first kappa shape index (κ1) is 19.1. The number of phenolic OH excluding ortho intramolecular Hbond substituents is 1. The minimum absolute atomic E-state index is 0.138. The first-order chi connectivity index (χ1) is 14.2. The second-order valence-electron chi connectivity index (χ2n) is 7.02. The van der Waals surface area contributed by atoms with Crippen LogP contribution in [0.2, 0.25) is 0 Å². The quantitative estimate of drug-likeness (QED) is 0.799. The molecule has 1 aromatic heterocycles. The Morgan fingerprint density at radius 3 is 2.72 bits per heavy atom. The van der Waals surface area contributed by atoms with Gasteiger partial charge in [-0.25, -0.2) is 9.78 Å². The molecule has 1 saturated heterocycles. The van der Waals surface area contributed by atoms with E-state index in [9.17, 15) is 9.90 Å². The van der Waals surface area contributed by atoms with Crippen LogP contribution < -0.4 is 4.90 Å². The number of ether oxygens (including phenoxy) is 1. The highest BCUT2D eigenvalue weighted by Crippen LogP contribution is 2.23. The average Bonchev–Trinajstić information content (AvgIpc) is 2.79. The monoisotopic (exact) mass is 393 g/mol. The molecule has 2 aliphatic heterocycles. The molecule has 8 heteroatoms. The van der Waals surface area contributed by atoms with Crippen LogP contribution in [-0.4, -0.2) is 72.2 Å². The summed E-state index contributed by atoms with van der Waals surface area (Å²) >= 11 is 0. The van der Waals surface area contributed by atoms with Gasteiger partial charge in [-0.1, -0.05) is 12.1 Å². The van der Waals surface area contributed by atoms with Gasteiger partial charge in [0.1, 0.15) is 11.6 Å². The molecule has 2 aliphatic rings. The van der Waals surface area contributed by atoms with Gasteiger partial charge in [-0.05, 0) is 24.3 Å². The molecule has 2 aromatic rings. The molecule has 8 nitrogen and oxygen atoms in total. The van der Waals surface area contributed by atoms with Gasteiger partial charge in [-0.3, -0.25) is 4.90 Å². The predicted octanol–water partition coefficient (Wildman–Crippen LogP) is 1.94. The summed E-state index contributed by atoms with van der Waals surface area (Å²) in [6, 6.07) is 10.8. The fraction of sp³-hybridized carbons (Fsp3) is 0.333. The van der Waals surface area contributed by atoms with Crippen molar-refractivity contribution in [3.05, 3.63) is 53.7 Å². The summed E-state index contributed by atoms with van der Waals surface area (Å²) in [5, 5.41) is 18.5. The number of pyridine rings is 1. The number of aromatic nitrogens is 1. The number of para-hydroxylation sites is 1. The van der Waals surface area contributed by atoms with Crippen molar-refractivity contribution >= 4 is 23.7 Å². The van der Waals surface area contributed by atoms with E-state index in [4.69, 9.17) is 4.74 Å². The van der Waals surface area contributed by atoms with Crippen LogP contribution in [0.5, 0.6) is 5.75 Å². The normalized spacial score (nSPS) is 19.7. The molecule has 0 saturated carbocycles. The van der Waals surface area contributed by atoms with Gasteiger partial charge in [-0.15, -0.1) is 0 Å². The minimum Gasteiger partial charge on any atom is -0.507 e. The third-order valence-electron chi connectivity index (χ3n) is 5.31. The van der Waals surface area contributed by atoms with Gasteiger partial charge in [0.05, 0.1) is 24.4 Å². The summed E-state index contributed by atoms with van der Waals surface area (Å²) in [6.45, 7) is 3.28. The number of rotatable bonds is 4. The Kier molecular flexibility index (Phi) is 5.53. The SMILES string of the molecule is COC(=O)c1ccnc(N2CCN(C3C=NN=C(c4ccccc4O)C3)CC2)c1. The highest BCUT2D eigenvalue weighted by atomic mass is 16.5. The van der Waals surface area contributed by atoms with Crippen molar-refractivity contribution in [1.29, 1.82) is 0 Å². The summed E-state index contributed by atoms with van der Waals surface area (Å²) in [5.41, 5.74) is 2.03. The maximum atomic E-state index is 11.8. The van der Waals surface area contributed by atoms with Crippen molar-refractivity contribution in [2.24, 2.45) is 10.2 Å². The molecule has 1 atom stereocenters. The van der Waals surface area contributed by atoms with Crippen LogP contribution in [0, 0.1) is 0 Å². The van der Waals surface area contributed by atoms with Crippen LogP contribution in [0.25, 0.3) is 0 Å². The van der Waals surface area contributed by atoms with Crippen LogP contribution in [-0.2, 0) is 4.74 Å². The Hall–Kier alpha value is -3.26. The highest BCUT2D eigenvalue weighted by molar-refractivity contribution is 6.05. The van der Waals surface area contributed by atoms with E-state index in [-0.39, 0.29) is 17.8 Å². The zero-order valence-electron chi connectivity index (χ0n) is 16.2. The van der Waals surface area contributed by atoms with Crippen LogP contribution in [0.1, 0.15) is 22.3 Å². The molecule has 150 valence electrons. The van der Waals surface area contributed by atoms with Gasteiger partial charge in [0.15, 0.2) is 0 Å². The van der Waals surface area contributed by atoms with E-state index in [0.717, 1.165) is 43.3 Å². The lowest BCUT2D eigenvalue weighted by molar-refractivity contribution is 0.0600. The van der Waals surface area contributed by atoms with Crippen molar-refractivity contribution in [3.8, 4) is 5.75 Å². The number of phenols is 1. The second-order valence-corrected chi connectivity index (χ2v) is 7.02. The number of benzene rings is 1. The first-order valence-corrected chi connectivity index (χ1v) is 9.57. The van der Waals surface area contributed by atoms with E-state index in [0.29, 0.717) is 12.0 Å². The number of piperazine rings is 1. The first-order valence-electron chi connectivity index (χ1n) is 9.57. The van der Waals surface area contributed by atoms with E-state index < -0.39 is 0 Å². The molecule has 0 bridgehead atoms. The standard InChI is InChI=1S/C21H23N5O3/c1-29-21(28)15-6-7-22-20(12-15)26-10-8-25(9-11-26)16-13-18(24-23-14-16)17-4-2-3-5-19(17)27/h2-7,12,14,16,27H,8-11,13H2,1H3. The second kappa shape index (κ2) is 8.40. The van der Waals surface area contributed by atoms with Crippen LogP contribution in [0.15, 0.2) is 52.8 Å². The predicted molar refractivity (Wildman–Crippen MR) is 111 cm³/mol. The highest BCUT2D eigenvalue weighted by Gasteiger charge is 2.27. The number of carbonyl (C=O) groups is 1. The van der Waals surface area contributed by atoms with Crippen LogP contribution >= 0.6 is 0 Å². The van der Waals surface area contributed by atoms with Gasteiger partial charge in [-0.2, -0.15) is 10.2 Å². The van der Waals surface area contributed by atoms with E-state index in [2.05, 4.69) is 25.0 Å². The summed E-state index contributed by atoms with van der Waals surface area (Å²) in [4.78, 5) is 20.7. The van der Waals surface area contributed by atoms with Crippen LogP contribution in [0.3, 0.4) is 0 Å². The molecular formula is C21H23N5O3. The van der Waals surface area contributed by atoms with Gasteiger partial charge in [0.2, 0.25) is 0 Å². The summed E-state index contributed by atoms with van der Waals surface area (Å²) in [7, 11) is 1.37. The molecule has 3 heterocycles. The third-order valence-corrected chi connectivity index (χ3v) is 5.31. The third kappa shape index (κ3) is 4.12. The molecule has 1 unspecified atom stereocenters. The molecule has 0 aliphatic carbocycles. The lowest BCUT2D eigenvalue weighted by Gasteiger charge is -2.39. The van der Waals surface area contributed by atoms with E-state index in [1.54, 1.807) is 30.5 Å². The minimum atomic E-state index is -0.360. The maximum absolute atomic E-state index is 11.8. The average molecular weight is 393 g/mol. The van der Waals surface area contributed by atoms with E-state index >= 15 is 0 Å². The summed E-state index contributed by atoms with van der Waals surface area (Å²) < 4.78 is 4.79. The van der Waals surface area contributed by atoms with Gasteiger partial charge in [0, 0.05) is 50.6 Å². The number of nitrogens with zero attached hydrogens (tertiary/aromatic N) is 5. The zero-order valence-corrected chi connectivity index (χ0v) is 16.2. The number of aromatic hydroxyl groups is 1. The summed E-state index contributed by atoms with van der Waals surface area (Å²) in [5.74, 6) is 0.645. The van der Waals surface area contributed by atoms with Crippen molar-refractivity contribution in [3.63, 3.8) is 0 Å². The topological polar surface area (TPSA) is 90.6 Å². The smallest absolute Gasteiger partial charge is 0.338 e. The lowest BCUT2D eigenvalue weighted by atomic mass is 10.00. The maximum Gasteiger partial charge on any atom is 0.338 e. The Morgan fingerprint density at radius 2 is 1.97 bits per heavy atom. The van der Waals surface area contributed by atoms with Crippen molar-refractivity contribution in [2.75, 3.05) is 38.2 Å². The van der Waals surface area contributed by atoms with E-state index in [1.165, 1.54) is 7.11 Å². The Bertz CT molecular complexity index is 951. The molecule has 0 radical (unpaired) electrons. The summed E-state index contributed by atoms with van der Waals surface area (Å²) in [6.07, 6.45) is 4.21. The van der Waals surface area contributed by atoms with Gasteiger partial charge in [0.25, 0.3) is 0 Å². The fourth-order valence-electron chi connectivity index (χ4n) is 3.70. The number of hydrogen-bond acceptors (Lipinski definition) is 8. The lowest BCUT2D eigenvalue weighted by Crippen LogP contribution is -2.52. The molecule has 1 N–H and O–H groups in total. The Morgan fingerprint density at radius 1 is 1.17 bits per heavy atom. The fourth-order valence-corrected chi connectivity index (χ4v) is 3.70. The van der Waals surface area contributed by atoms with Crippen LogP contribution in [0.4, 0.5) is 5.82 Å². The number of methoxy groups -OCH3 is 1. The number of carbonyl (C=O) groups excluding carboxylic acids is 1. The zero-order chi connectivity index (χ0) is 20.2. The Balaban J connectivity index is 1.39. The molecule has 1 fully saturated rings. The van der Waals surface area contributed by atoms with Crippen molar-refractivity contribution < 1.29 is 14.6 Å². The number of esters is 1. The van der Waals surface area contributed by atoms with Gasteiger partial charge >= 0.3 is 5.97 Å². The molecule has 1 aromatic carbocycles. The molecule has 0 amide bonds. The number of hydrogen-bond donors (Lipinski definition) is 1.